The fourth-order valence-electron chi connectivity index (χ4n) is 2.88. The number of esters is 1. The zero-order valence-corrected chi connectivity index (χ0v) is 14.6. The Morgan fingerprint density at radius 2 is 2.12 bits per heavy atom. The van der Waals surface area contributed by atoms with E-state index in [1.165, 1.54) is 25.3 Å². The van der Waals surface area contributed by atoms with Crippen LogP contribution in [0.5, 0.6) is 0 Å². The molecule has 2 heterocycles. The number of rotatable bonds is 2. The van der Waals surface area contributed by atoms with Gasteiger partial charge in [-0.05, 0) is 54.3 Å². The number of carbonyl (C=O) groups is 2. The van der Waals surface area contributed by atoms with Crippen LogP contribution in [0.1, 0.15) is 35.7 Å². The molecule has 0 aliphatic carbocycles. The SMILES string of the molecule is COC(=O)c1ccc(/C=C2\SC(N3CCC[C@@H](C)C3)=NC2=O)cc1. The number of hydrogen-bond donors (Lipinski definition) is 0. The third-order valence-corrected chi connectivity index (χ3v) is 5.21. The van der Waals surface area contributed by atoms with Crippen LogP contribution in [0.3, 0.4) is 0 Å². The van der Waals surface area contributed by atoms with Crippen LogP contribution in [-0.2, 0) is 9.53 Å². The predicted molar refractivity (Wildman–Crippen MR) is 95.8 cm³/mol. The number of piperidine rings is 1. The fraction of sp³-hybridized carbons (Fsp3) is 0.389. The summed E-state index contributed by atoms with van der Waals surface area (Å²) >= 11 is 1.43. The molecule has 0 aromatic heterocycles. The zero-order valence-electron chi connectivity index (χ0n) is 13.8. The quantitative estimate of drug-likeness (QED) is 0.609. The van der Waals surface area contributed by atoms with Crippen molar-refractivity contribution in [2.24, 2.45) is 10.9 Å². The van der Waals surface area contributed by atoms with E-state index < -0.39 is 0 Å². The van der Waals surface area contributed by atoms with Gasteiger partial charge in [-0.2, -0.15) is 4.99 Å². The van der Waals surface area contributed by atoms with Gasteiger partial charge in [0.05, 0.1) is 17.6 Å². The number of benzene rings is 1. The van der Waals surface area contributed by atoms with Gasteiger partial charge in [-0.1, -0.05) is 19.1 Å². The van der Waals surface area contributed by atoms with Gasteiger partial charge in [0.25, 0.3) is 5.91 Å². The van der Waals surface area contributed by atoms with Crippen molar-refractivity contribution in [2.45, 2.75) is 19.8 Å². The first kappa shape index (κ1) is 16.8. The molecule has 0 unspecified atom stereocenters. The first-order chi connectivity index (χ1) is 11.6. The average molecular weight is 344 g/mol. The van der Waals surface area contributed by atoms with Crippen molar-refractivity contribution in [3.05, 3.63) is 40.3 Å². The normalized spacial score (nSPS) is 22.7. The summed E-state index contributed by atoms with van der Waals surface area (Å²) in [6.45, 7) is 4.15. The summed E-state index contributed by atoms with van der Waals surface area (Å²) in [6.07, 6.45) is 4.19. The van der Waals surface area contributed by atoms with E-state index in [-0.39, 0.29) is 11.9 Å². The molecular formula is C18H20N2O3S. The van der Waals surface area contributed by atoms with Crippen molar-refractivity contribution >= 4 is 34.9 Å². The molecule has 1 saturated heterocycles. The Balaban J connectivity index is 1.71. The van der Waals surface area contributed by atoms with Crippen LogP contribution in [0.25, 0.3) is 6.08 Å². The Morgan fingerprint density at radius 3 is 2.79 bits per heavy atom. The average Bonchev–Trinajstić information content (AvgIpc) is 2.96. The van der Waals surface area contributed by atoms with Gasteiger partial charge in [0.2, 0.25) is 0 Å². The van der Waals surface area contributed by atoms with E-state index in [1.807, 2.05) is 6.08 Å². The molecule has 2 aliphatic heterocycles. The molecule has 24 heavy (non-hydrogen) atoms. The second-order valence-corrected chi connectivity index (χ2v) is 7.13. The van der Waals surface area contributed by atoms with Crippen LogP contribution in [0, 0.1) is 5.92 Å². The van der Waals surface area contributed by atoms with E-state index in [2.05, 4.69) is 21.6 Å². The van der Waals surface area contributed by atoms with Crippen molar-refractivity contribution in [3.63, 3.8) is 0 Å². The number of nitrogens with zero attached hydrogens (tertiary/aromatic N) is 2. The lowest BCUT2D eigenvalue weighted by atomic mass is 10.0. The number of ether oxygens (including phenoxy) is 1. The molecule has 126 valence electrons. The predicted octanol–water partition coefficient (Wildman–Crippen LogP) is 3.18. The van der Waals surface area contributed by atoms with Gasteiger partial charge in [-0.3, -0.25) is 4.79 Å². The van der Waals surface area contributed by atoms with E-state index in [1.54, 1.807) is 24.3 Å². The second-order valence-electron chi connectivity index (χ2n) is 6.12. The molecule has 0 saturated carbocycles. The standard InChI is InChI=1S/C18H20N2O3S/c1-12-4-3-9-20(11-12)18-19-16(21)15(24-18)10-13-5-7-14(8-6-13)17(22)23-2/h5-8,10,12H,3-4,9,11H2,1-2H3/b15-10-/t12-/m1/s1. The fourth-order valence-corrected chi connectivity index (χ4v) is 3.83. The Morgan fingerprint density at radius 1 is 1.38 bits per heavy atom. The molecule has 1 amide bonds. The number of methoxy groups -OCH3 is 1. The molecule has 1 aromatic rings. The van der Waals surface area contributed by atoms with E-state index in [0.717, 1.165) is 30.2 Å². The summed E-state index contributed by atoms with van der Waals surface area (Å²) < 4.78 is 4.68. The molecule has 1 atom stereocenters. The summed E-state index contributed by atoms with van der Waals surface area (Å²) in [4.78, 5) is 30.6. The number of likely N-dealkylation sites (tertiary alicyclic amines) is 1. The van der Waals surface area contributed by atoms with Gasteiger partial charge in [-0.15, -0.1) is 0 Å². The largest absolute Gasteiger partial charge is 0.465 e. The van der Waals surface area contributed by atoms with Gasteiger partial charge in [0, 0.05) is 13.1 Å². The summed E-state index contributed by atoms with van der Waals surface area (Å²) in [5.74, 6) is 0.0756. The van der Waals surface area contributed by atoms with E-state index in [4.69, 9.17) is 0 Å². The first-order valence-electron chi connectivity index (χ1n) is 8.02. The molecule has 3 rings (SSSR count). The minimum Gasteiger partial charge on any atom is -0.465 e. The highest BCUT2D eigenvalue weighted by atomic mass is 32.2. The smallest absolute Gasteiger partial charge is 0.337 e. The number of amides is 1. The topological polar surface area (TPSA) is 59.0 Å². The number of thioether (sulfide) groups is 1. The molecule has 0 bridgehead atoms. The van der Waals surface area contributed by atoms with Crippen LogP contribution in [0.4, 0.5) is 0 Å². The van der Waals surface area contributed by atoms with Crippen molar-refractivity contribution in [2.75, 3.05) is 20.2 Å². The number of carbonyl (C=O) groups excluding carboxylic acids is 2. The van der Waals surface area contributed by atoms with Gasteiger partial charge < -0.3 is 9.64 Å². The third-order valence-electron chi connectivity index (χ3n) is 4.17. The highest BCUT2D eigenvalue weighted by Crippen LogP contribution is 2.32. The molecule has 0 radical (unpaired) electrons. The molecule has 1 fully saturated rings. The zero-order chi connectivity index (χ0) is 17.1. The summed E-state index contributed by atoms with van der Waals surface area (Å²) in [5.41, 5.74) is 1.35. The van der Waals surface area contributed by atoms with Crippen molar-refractivity contribution in [1.82, 2.24) is 4.90 Å². The third kappa shape index (κ3) is 3.70. The van der Waals surface area contributed by atoms with Crippen LogP contribution in [-0.4, -0.2) is 42.1 Å². The summed E-state index contributed by atoms with van der Waals surface area (Å²) in [5, 5.41) is 0.809. The highest BCUT2D eigenvalue weighted by molar-refractivity contribution is 8.18. The first-order valence-corrected chi connectivity index (χ1v) is 8.84. The highest BCUT2D eigenvalue weighted by Gasteiger charge is 2.28. The van der Waals surface area contributed by atoms with Crippen molar-refractivity contribution < 1.29 is 14.3 Å². The van der Waals surface area contributed by atoms with Crippen LogP contribution in [0.2, 0.25) is 0 Å². The Kier molecular flexibility index (Phi) is 5.04. The van der Waals surface area contributed by atoms with E-state index in [9.17, 15) is 9.59 Å². The Labute approximate surface area is 145 Å². The van der Waals surface area contributed by atoms with Crippen LogP contribution >= 0.6 is 11.8 Å². The maximum absolute atomic E-state index is 12.2. The van der Waals surface area contributed by atoms with Crippen LogP contribution < -0.4 is 0 Å². The maximum atomic E-state index is 12.2. The number of hydrogen-bond acceptors (Lipinski definition) is 5. The summed E-state index contributed by atoms with van der Waals surface area (Å²) in [7, 11) is 1.35. The molecule has 5 nitrogen and oxygen atoms in total. The minimum atomic E-state index is -0.370. The lowest BCUT2D eigenvalue weighted by Crippen LogP contribution is -2.37. The van der Waals surface area contributed by atoms with E-state index in [0.29, 0.717) is 16.4 Å². The molecule has 0 N–H and O–H groups in total. The molecule has 1 aromatic carbocycles. The van der Waals surface area contributed by atoms with Gasteiger partial charge in [0.15, 0.2) is 5.17 Å². The van der Waals surface area contributed by atoms with Crippen molar-refractivity contribution in [3.8, 4) is 0 Å². The Bertz CT molecular complexity index is 709. The van der Waals surface area contributed by atoms with Gasteiger partial charge >= 0.3 is 5.97 Å². The number of amidine groups is 1. The van der Waals surface area contributed by atoms with Crippen LogP contribution in [0.15, 0.2) is 34.2 Å². The summed E-state index contributed by atoms with van der Waals surface area (Å²) in [6, 6.07) is 6.98. The second kappa shape index (κ2) is 7.21. The Hall–Kier alpha value is -2.08. The molecular weight excluding hydrogens is 324 g/mol. The van der Waals surface area contributed by atoms with Crippen molar-refractivity contribution in [1.29, 1.82) is 0 Å². The van der Waals surface area contributed by atoms with Gasteiger partial charge in [0.1, 0.15) is 0 Å². The van der Waals surface area contributed by atoms with E-state index >= 15 is 0 Å². The molecule has 0 spiro atoms. The lowest BCUT2D eigenvalue weighted by molar-refractivity contribution is -0.113. The molecule has 6 heteroatoms. The maximum Gasteiger partial charge on any atom is 0.337 e. The monoisotopic (exact) mass is 344 g/mol. The number of aliphatic imine (C=N–C) groups is 1. The van der Waals surface area contributed by atoms with Gasteiger partial charge in [-0.25, -0.2) is 4.79 Å². The minimum absolute atomic E-state index is 0.190. The lowest BCUT2D eigenvalue weighted by Gasteiger charge is -2.31. The molecule has 2 aliphatic rings.